The minimum atomic E-state index is 0.164. The standard InChI is InChI=1S/C16H23Cl2N3/c17-14-6-1-5-13(16(14)18)15(10-19)21-9-3-8-20-7-2-4-12(20)11-21/h1,5-6,12,15H,2-4,7-11,19H2. The van der Waals surface area contributed by atoms with Gasteiger partial charge in [-0.2, -0.15) is 0 Å². The number of nitrogens with zero attached hydrogens (tertiary/aromatic N) is 2. The Bertz CT molecular complexity index is 494. The van der Waals surface area contributed by atoms with Crippen molar-refractivity contribution >= 4 is 23.2 Å². The largest absolute Gasteiger partial charge is 0.329 e. The molecule has 0 aliphatic carbocycles. The van der Waals surface area contributed by atoms with Crippen LogP contribution >= 0.6 is 23.2 Å². The number of rotatable bonds is 3. The zero-order valence-corrected chi connectivity index (χ0v) is 13.8. The molecule has 3 nitrogen and oxygen atoms in total. The normalized spacial score (nSPS) is 25.6. The fourth-order valence-corrected chi connectivity index (χ4v) is 4.20. The number of hydrogen-bond donors (Lipinski definition) is 1. The van der Waals surface area contributed by atoms with Gasteiger partial charge in [0.25, 0.3) is 0 Å². The summed E-state index contributed by atoms with van der Waals surface area (Å²) in [6.07, 6.45) is 3.83. The summed E-state index contributed by atoms with van der Waals surface area (Å²) in [6, 6.07) is 6.70. The first-order valence-electron chi connectivity index (χ1n) is 7.82. The Hall–Kier alpha value is -0.320. The lowest BCUT2D eigenvalue weighted by atomic mass is 10.0. The van der Waals surface area contributed by atoms with E-state index in [9.17, 15) is 0 Å². The van der Waals surface area contributed by atoms with Crippen LogP contribution < -0.4 is 5.73 Å². The van der Waals surface area contributed by atoms with E-state index in [0.29, 0.717) is 22.6 Å². The number of hydrogen-bond acceptors (Lipinski definition) is 3. The van der Waals surface area contributed by atoms with Gasteiger partial charge in [0.1, 0.15) is 0 Å². The van der Waals surface area contributed by atoms with Crippen molar-refractivity contribution in [3.05, 3.63) is 33.8 Å². The van der Waals surface area contributed by atoms with Gasteiger partial charge in [0, 0.05) is 31.7 Å². The number of benzene rings is 1. The second-order valence-corrected chi connectivity index (χ2v) is 6.86. The Labute approximate surface area is 137 Å². The van der Waals surface area contributed by atoms with Gasteiger partial charge in [-0.3, -0.25) is 9.80 Å². The minimum Gasteiger partial charge on any atom is -0.329 e. The molecule has 0 aromatic heterocycles. The van der Waals surface area contributed by atoms with E-state index in [1.807, 2.05) is 12.1 Å². The van der Waals surface area contributed by atoms with Gasteiger partial charge in [0.15, 0.2) is 0 Å². The molecule has 2 unspecified atom stereocenters. The van der Waals surface area contributed by atoms with Gasteiger partial charge in [-0.1, -0.05) is 35.3 Å². The Morgan fingerprint density at radius 2 is 2.00 bits per heavy atom. The fourth-order valence-electron chi connectivity index (χ4n) is 3.77. The third-order valence-corrected chi connectivity index (χ3v) is 5.67. The number of halogens is 2. The Balaban J connectivity index is 1.83. The molecule has 0 amide bonds. The van der Waals surface area contributed by atoms with E-state index in [0.717, 1.165) is 18.7 Å². The summed E-state index contributed by atoms with van der Waals surface area (Å²) < 4.78 is 0. The lowest BCUT2D eigenvalue weighted by Gasteiger charge is -2.33. The summed E-state index contributed by atoms with van der Waals surface area (Å²) in [6.45, 7) is 5.21. The topological polar surface area (TPSA) is 32.5 Å². The van der Waals surface area contributed by atoms with Gasteiger partial charge in [-0.15, -0.1) is 0 Å². The molecule has 21 heavy (non-hydrogen) atoms. The van der Waals surface area contributed by atoms with E-state index in [1.54, 1.807) is 0 Å². The maximum absolute atomic E-state index is 6.41. The third kappa shape index (κ3) is 3.22. The Morgan fingerprint density at radius 1 is 1.19 bits per heavy atom. The monoisotopic (exact) mass is 327 g/mol. The Morgan fingerprint density at radius 3 is 2.81 bits per heavy atom. The van der Waals surface area contributed by atoms with Crippen molar-refractivity contribution in [3.63, 3.8) is 0 Å². The average Bonchev–Trinajstić information content (AvgIpc) is 2.82. The van der Waals surface area contributed by atoms with Crippen LogP contribution in [0.4, 0.5) is 0 Å². The predicted octanol–water partition coefficient (Wildman–Crippen LogP) is 3.16. The third-order valence-electron chi connectivity index (χ3n) is 4.84. The van der Waals surface area contributed by atoms with E-state index < -0.39 is 0 Å². The van der Waals surface area contributed by atoms with Crippen molar-refractivity contribution in [1.82, 2.24) is 9.80 Å². The molecule has 0 radical (unpaired) electrons. The fraction of sp³-hybridized carbons (Fsp3) is 0.625. The van der Waals surface area contributed by atoms with Crippen molar-refractivity contribution in [2.24, 2.45) is 5.73 Å². The molecule has 2 aliphatic heterocycles. The predicted molar refractivity (Wildman–Crippen MR) is 89.0 cm³/mol. The van der Waals surface area contributed by atoms with Gasteiger partial charge < -0.3 is 5.73 Å². The Kier molecular flexibility index (Phi) is 5.07. The van der Waals surface area contributed by atoms with Crippen LogP contribution in [0.5, 0.6) is 0 Å². The molecule has 2 aliphatic rings. The van der Waals surface area contributed by atoms with Crippen LogP contribution in [0.2, 0.25) is 10.0 Å². The molecule has 0 spiro atoms. The molecule has 2 heterocycles. The van der Waals surface area contributed by atoms with Crippen LogP contribution in [-0.2, 0) is 0 Å². The molecule has 3 rings (SSSR count). The molecule has 116 valence electrons. The zero-order valence-electron chi connectivity index (χ0n) is 12.3. The van der Waals surface area contributed by atoms with Crippen molar-refractivity contribution in [1.29, 1.82) is 0 Å². The van der Waals surface area contributed by atoms with Crippen LogP contribution in [0.1, 0.15) is 30.9 Å². The number of nitrogens with two attached hydrogens (primary N) is 1. The molecule has 1 aromatic carbocycles. The van der Waals surface area contributed by atoms with Crippen LogP contribution in [0.15, 0.2) is 18.2 Å². The first-order chi connectivity index (χ1) is 10.2. The molecule has 5 heteroatoms. The van der Waals surface area contributed by atoms with Crippen LogP contribution in [0.3, 0.4) is 0 Å². The molecule has 2 saturated heterocycles. The maximum atomic E-state index is 6.41. The SMILES string of the molecule is NCC(c1cccc(Cl)c1Cl)N1CCCN2CCCC2C1. The summed E-state index contributed by atoms with van der Waals surface area (Å²) in [5, 5.41) is 1.27. The first-order valence-corrected chi connectivity index (χ1v) is 8.58. The van der Waals surface area contributed by atoms with Crippen molar-refractivity contribution in [2.75, 3.05) is 32.7 Å². The van der Waals surface area contributed by atoms with E-state index >= 15 is 0 Å². The van der Waals surface area contributed by atoms with Crippen LogP contribution in [0, 0.1) is 0 Å². The molecular formula is C16H23Cl2N3. The first kappa shape index (κ1) is 15.6. The van der Waals surface area contributed by atoms with E-state index in [2.05, 4.69) is 15.9 Å². The summed E-state index contributed by atoms with van der Waals surface area (Å²) in [5.74, 6) is 0. The van der Waals surface area contributed by atoms with Crippen molar-refractivity contribution < 1.29 is 0 Å². The molecule has 2 N–H and O–H groups in total. The summed E-state index contributed by atoms with van der Waals surface area (Å²) >= 11 is 12.6. The summed E-state index contributed by atoms with van der Waals surface area (Å²) in [5.41, 5.74) is 7.15. The van der Waals surface area contributed by atoms with Gasteiger partial charge in [0.05, 0.1) is 10.0 Å². The van der Waals surface area contributed by atoms with Crippen molar-refractivity contribution in [2.45, 2.75) is 31.3 Å². The molecule has 0 bridgehead atoms. The molecule has 2 fully saturated rings. The second kappa shape index (κ2) is 6.84. The second-order valence-electron chi connectivity index (χ2n) is 6.08. The van der Waals surface area contributed by atoms with Gasteiger partial charge >= 0.3 is 0 Å². The van der Waals surface area contributed by atoms with Crippen molar-refractivity contribution in [3.8, 4) is 0 Å². The van der Waals surface area contributed by atoms with Gasteiger partial charge in [-0.25, -0.2) is 0 Å². The summed E-state index contributed by atoms with van der Waals surface area (Å²) in [7, 11) is 0. The highest BCUT2D eigenvalue weighted by Gasteiger charge is 2.32. The van der Waals surface area contributed by atoms with Gasteiger partial charge in [-0.05, 0) is 44.0 Å². The lowest BCUT2D eigenvalue weighted by Crippen LogP contribution is -2.40. The van der Waals surface area contributed by atoms with Crippen LogP contribution in [0.25, 0.3) is 0 Å². The average molecular weight is 328 g/mol. The molecule has 0 saturated carbocycles. The van der Waals surface area contributed by atoms with E-state index in [1.165, 1.54) is 32.4 Å². The van der Waals surface area contributed by atoms with Gasteiger partial charge in [0.2, 0.25) is 0 Å². The highest BCUT2D eigenvalue weighted by atomic mass is 35.5. The quantitative estimate of drug-likeness (QED) is 0.925. The molecule has 2 atom stereocenters. The van der Waals surface area contributed by atoms with E-state index in [-0.39, 0.29) is 6.04 Å². The van der Waals surface area contributed by atoms with Crippen LogP contribution in [-0.4, -0.2) is 48.6 Å². The summed E-state index contributed by atoms with van der Waals surface area (Å²) in [4.78, 5) is 5.14. The lowest BCUT2D eigenvalue weighted by molar-refractivity contribution is 0.176. The zero-order chi connectivity index (χ0) is 14.8. The number of fused-ring (bicyclic) bond motifs is 1. The smallest absolute Gasteiger partial charge is 0.0640 e. The van der Waals surface area contributed by atoms with E-state index in [4.69, 9.17) is 28.9 Å². The maximum Gasteiger partial charge on any atom is 0.0640 e. The highest BCUT2D eigenvalue weighted by molar-refractivity contribution is 6.42. The minimum absolute atomic E-state index is 0.164. The molecular weight excluding hydrogens is 305 g/mol. The molecule has 1 aromatic rings. The highest BCUT2D eigenvalue weighted by Crippen LogP contribution is 2.34.